The summed E-state index contributed by atoms with van der Waals surface area (Å²) in [6.07, 6.45) is -9.29. The van der Waals surface area contributed by atoms with Crippen molar-refractivity contribution in [2.45, 2.75) is 132 Å². The first-order valence-corrected chi connectivity index (χ1v) is 24.0. The quantitative estimate of drug-likeness (QED) is 0.0583. The lowest BCUT2D eigenvalue weighted by Crippen LogP contribution is -2.63. The Morgan fingerprint density at radius 2 is 1.76 bits per heavy atom. The third kappa shape index (κ3) is 12.5. The third-order valence-corrected chi connectivity index (χ3v) is 15.8. The van der Waals surface area contributed by atoms with Gasteiger partial charge >= 0.3 is 5.97 Å². The summed E-state index contributed by atoms with van der Waals surface area (Å²) in [4.78, 5) is 17.7. The molecule has 4 heterocycles. The largest absolute Gasteiger partial charge is 0.465 e. The van der Waals surface area contributed by atoms with Gasteiger partial charge in [-0.25, -0.2) is 4.98 Å². The van der Waals surface area contributed by atoms with E-state index in [1.54, 1.807) is 51.3 Å². The van der Waals surface area contributed by atoms with E-state index in [1.807, 2.05) is 49.4 Å². The number of ether oxygens (including phenoxy) is 6. The minimum atomic E-state index is -1.53. The van der Waals surface area contributed by atoms with Crippen LogP contribution < -0.4 is 0 Å². The maximum absolute atomic E-state index is 13.4. The summed E-state index contributed by atoms with van der Waals surface area (Å²) in [5.41, 5.74) is 1.32. The number of nitrogens with zero attached hydrogens (tertiary/aromatic N) is 1. The summed E-state index contributed by atoms with van der Waals surface area (Å²) in [6, 6.07) is 13.7. The second kappa shape index (κ2) is 21.8. The zero-order valence-electron chi connectivity index (χ0n) is 33.6. The van der Waals surface area contributed by atoms with Crippen LogP contribution in [-0.2, 0) is 33.2 Å². The standard InChI is InChI=1S/C40H57NO12S5/c1-7-55-38(54)57-40(5,6)25(19-39(3,4)22(2)35(47)48-16-17-56-58-29-10-8-9-15-41-29)23-11-13-24(14-12-23)36-49-21-28-34(53-36)32(45)33(46)37(51-28)52-30-18-26(43)31(44)27(20-42)50-30/h8-15,22,25-28,30-34,36-37,42-46H,7,16-21H2,1-6H3/t22?,25?,26-,27-,28-,30-,31+,32-,33-,34-,36?,37-/m1/s1. The Hall–Kier alpha value is -1.07. The number of carbonyl (C=O) groups excluding carboxylic acids is 1. The molecule has 324 valence electrons. The van der Waals surface area contributed by atoms with Gasteiger partial charge in [0, 0.05) is 28.7 Å². The first kappa shape index (κ1) is 48.0. The van der Waals surface area contributed by atoms with E-state index in [-0.39, 0.29) is 35.6 Å². The summed E-state index contributed by atoms with van der Waals surface area (Å²) in [6.45, 7) is 12.4. The molecule has 18 heteroatoms. The molecule has 5 N–H and O–H groups in total. The van der Waals surface area contributed by atoms with Crippen LogP contribution in [0.15, 0.2) is 53.7 Å². The van der Waals surface area contributed by atoms with Crippen LogP contribution in [0.25, 0.3) is 0 Å². The van der Waals surface area contributed by atoms with Crippen LogP contribution in [0.2, 0.25) is 0 Å². The first-order chi connectivity index (χ1) is 27.5. The van der Waals surface area contributed by atoms with Crippen molar-refractivity contribution in [1.82, 2.24) is 4.98 Å². The summed E-state index contributed by atoms with van der Waals surface area (Å²) in [5, 5.41) is 52.7. The number of thiocarbonyl (C=S) groups is 1. The topological polar surface area (TPSA) is 186 Å². The van der Waals surface area contributed by atoms with Gasteiger partial charge in [-0.1, -0.05) is 81.0 Å². The molecule has 13 nitrogen and oxygen atoms in total. The minimum Gasteiger partial charge on any atom is -0.465 e. The lowest BCUT2D eigenvalue weighted by molar-refractivity contribution is -0.388. The van der Waals surface area contributed by atoms with Crippen molar-refractivity contribution >= 4 is 66.8 Å². The number of esters is 1. The van der Waals surface area contributed by atoms with E-state index in [0.717, 1.165) is 19.9 Å². The molecule has 0 spiro atoms. The van der Waals surface area contributed by atoms with Crippen molar-refractivity contribution in [2.75, 3.05) is 31.3 Å². The van der Waals surface area contributed by atoms with Crippen LogP contribution >= 0.6 is 57.3 Å². The molecule has 58 heavy (non-hydrogen) atoms. The Kier molecular flexibility index (Phi) is 18.1. The zero-order chi connectivity index (χ0) is 42.2. The summed E-state index contributed by atoms with van der Waals surface area (Å²) >= 11 is 9.07. The number of aliphatic hydroxyl groups is 5. The molecule has 3 unspecified atom stereocenters. The minimum absolute atomic E-state index is 0.0234. The van der Waals surface area contributed by atoms with Gasteiger partial charge in [0.1, 0.15) is 51.8 Å². The van der Waals surface area contributed by atoms with Crippen molar-refractivity contribution in [3.63, 3.8) is 0 Å². The number of rotatable bonds is 17. The molecule has 5 rings (SSSR count). The van der Waals surface area contributed by atoms with Gasteiger partial charge in [-0.15, -0.1) is 23.5 Å². The van der Waals surface area contributed by atoms with E-state index in [0.29, 0.717) is 24.3 Å². The van der Waals surface area contributed by atoms with Crippen LogP contribution in [0, 0.1) is 11.3 Å². The van der Waals surface area contributed by atoms with Gasteiger partial charge < -0.3 is 54.0 Å². The van der Waals surface area contributed by atoms with Crippen molar-refractivity contribution < 1.29 is 58.7 Å². The van der Waals surface area contributed by atoms with Crippen molar-refractivity contribution in [2.24, 2.45) is 11.3 Å². The predicted molar refractivity (Wildman–Crippen MR) is 230 cm³/mol. The fraction of sp³-hybridized carbons (Fsp3) is 0.675. The molecule has 3 fully saturated rings. The van der Waals surface area contributed by atoms with Crippen molar-refractivity contribution in [3.8, 4) is 0 Å². The predicted octanol–water partition coefficient (Wildman–Crippen LogP) is 5.46. The highest BCUT2D eigenvalue weighted by molar-refractivity contribution is 8.76. The van der Waals surface area contributed by atoms with Gasteiger partial charge in [0.25, 0.3) is 0 Å². The number of hydrogen-bond donors (Lipinski definition) is 5. The van der Waals surface area contributed by atoms with Gasteiger partial charge in [0.15, 0.2) is 18.9 Å². The number of pyridine rings is 1. The lowest BCUT2D eigenvalue weighted by atomic mass is 9.69. The fourth-order valence-electron chi connectivity index (χ4n) is 7.07. The molecule has 3 aliphatic rings. The van der Waals surface area contributed by atoms with E-state index in [4.69, 9.17) is 40.6 Å². The van der Waals surface area contributed by atoms with E-state index in [1.165, 1.54) is 0 Å². The molecule has 1 aromatic heterocycles. The maximum Gasteiger partial charge on any atom is 0.309 e. The lowest BCUT2D eigenvalue weighted by Gasteiger charge is -2.47. The fourth-order valence-corrected chi connectivity index (χ4v) is 12.0. The molecule has 0 amide bonds. The highest BCUT2D eigenvalue weighted by Crippen LogP contribution is 2.49. The average molecular weight is 904 g/mol. The molecule has 3 saturated heterocycles. The number of aromatic nitrogens is 1. The van der Waals surface area contributed by atoms with Crippen molar-refractivity contribution in [3.05, 3.63) is 59.8 Å². The molecular weight excluding hydrogens is 847 g/mol. The molecule has 0 bridgehead atoms. The second-order valence-electron chi connectivity index (χ2n) is 15.8. The van der Waals surface area contributed by atoms with Gasteiger partial charge in [-0.2, -0.15) is 0 Å². The molecule has 0 radical (unpaired) electrons. The summed E-state index contributed by atoms with van der Waals surface area (Å²) < 4.78 is 35.7. The third-order valence-electron chi connectivity index (χ3n) is 10.8. The number of aliphatic hydroxyl groups excluding tert-OH is 5. The Bertz CT molecular complexity index is 1610. The van der Waals surface area contributed by atoms with Crippen LogP contribution in [0.1, 0.15) is 77.7 Å². The number of thioether (sulfide) groups is 2. The van der Waals surface area contributed by atoms with E-state index in [2.05, 4.69) is 39.6 Å². The zero-order valence-corrected chi connectivity index (χ0v) is 37.7. The monoisotopic (exact) mass is 903 g/mol. The molecule has 12 atom stereocenters. The summed E-state index contributed by atoms with van der Waals surface area (Å²) in [7, 11) is 3.15. The Labute approximate surface area is 362 Å². The molecule has 2 aromatic rings. The highest BCUT2D eigenvalue weighted by atomic mass is 33.1. The van der Waals surface area contributed by atoms with Crippen LogP contribution in [0.5, 0.6) is 0 Å². The van der Waals surface area contributed by atoms with Gasteiger partial charge in [0.2, 0.25) is 0 Å². The van der Waals surface area contributed by atoms with Crippen LogP contribution in [0.4, 0.5) is 0 Å². The molecule has 1 aromatic carbocycles. The second-order valence-corrected chi connectivity index (χ2v) is 22.3. The molecular formula is C40H57NO12S5. The van der Waals surface area contributed by atoms with Crippen LogP contribution in [0.3, 0.4) is 0 Å². The summed E-state index contributed by atoms with van der Waals surface area (Å²) in [5.74, 6) is 0.874. The van der Waals surface area contributed by atoms with E-state index < -0.39 is 73.6 Å². The first-order valence-electron chi connectivity index (χ1n) is 19.4. The van der Waals surface area contributed by atoms with Gasteiger partial charge in [-0.05, 0) is 65.8 Å². The highest BCUT2D eigenvalue weighted by Gasteiger charge is 2.51. The van der Waals surface area contributed by atoms with E-state index in [9.17, 15) is 30.3 Å². The van der Waals surface area contributed by atoms with Gasteiger partial charge in [0.05, 0.1) is 25.2 Å². The number of hydrogen-bond acceptors (Lipinski definition) is 18. The number of benzene rings is 1. The number of carbonyl (C=O) groups is 1. The Morgan fingerprint density at radius 3 is 2.43 bits per heavy atom. The van der Waals surface area contributed by atoms with E-state index >= 15 is 0 Å². The molecule has 0 aliphatic carbocycles. The normalized spacial score (nSPS) is 30.3. The maximum atomic E-state index is 13.4. The SMILES string of the molecule is CCSC(=S)SC(C)(C)C(CC(C)(C)C(C)C(=O)OCCSSc1ccccn1)c1ccc(C2OC[C@H]3O[C@H](O[C@@H]4C[C@@H](O)[C@H](O)[C@@H](CO)O4)[C@H](O)[C@@H](O)[C@@H]3O2)cc1. The number of fused-ring (bicyclic) bond motifs is 1. The molecule has 3 aliphatic heterocycles. The van der Waals surface area contributed by atoms with Crippen molar-refractivity contribution in [1.29, 1.82) is 0 Å². The van der Waals surface area contributed by atoms with Crippen LogP contribution in [-0.4, -0.2) is 131 Å². The Balaban J connectivity index is 1.22. The average Bonchev–Trinajstić information content (AvgIpc) is 3.20. The smallest absolute Gasteiger partial charge is 0.309 e. The molecule has 0 saturated carbocycles. The Morgan fingerprint density at radius 1 is 1.02 bits per heavy atom. The van der Waals surface area contributed by atoms with Gasteiger partial charge in [-0.3, -0.25) is 4.79 Å².